The van der Waals surface area contributed by atoms with Crippen LogP contribution in [0, 0.1) is 0 Å². The molecule has 0 spiro atoms. The SMILES string of the molecule is CCC[C@H](NC(=O)/C=C/c1cnn(C)c1)C(=O)O. The third-order valence-electron chi connectivity index (χ3n) is 2.34. The Balaban J connectivity index is 2.54. The number of nitrogens with zero attached hydrogens (tertiary/aromatic N) is 2. The molecule has 1 atom stereocenters. The highest BCUT2D eigenvalue weighted by molar-refractivity contribution is 5.94. The summed E-state index contributed by atoms with van der Waals surface area (Å²) in [5.74, 6) is -1.43. The number of carboxylic acid groups (broad SMARTS) is 1. The minimum atomic E-state index is -1.01. The molecule has 1 aromatic rings. The lowest BCUT2D eigenvalue weighted by Crippen LogP contribution is -2.39. The van der Waals surface area contributed by atoms with Crippen LogP contribution in [0.15, 0.2) is 18.5 Å². The van der Waals surface area contributed by atoms with Crippen molar-refractivity contribution < 1.29 is 14.7 Å². The smallest absolute Gasteiger partial charge is 0.326 e. The molecule has 0 aromatic carbocycles. The van der Waals surface area contributed by atoms with Crippen LogP contribution in [0.2, 0.25) is 0 Å². The molecule has 0 aliphatic carbocycles. The first kappa shape index (κ1) is 14.0. The molecule has 0 aliphatic heterocycles. The molecule has 0 aliphatic rings. The highest BCUT2D eigenvalue weighted by atomic mass is 16.4. The number of aromatic nitrogens is 2. The summed E-state index contributed by atoms with van der Waals surface area (Å²) >= 11 is 0. The number of carbonyl (C=O) groups excluding carboxylic acids is 1. The van der Waals surface area contributed by atoms with Gasteiger partial charge in [0.15, 0.2) is 0 Å². The monoisotopic (exact) mass is 251 g/mol. The number of amides is 1. The molecule has 1 rings (SSSR count). The van der Waals surface area contributed by atoms with Gasteiger partial charge >= 0.3 is 5.97 Å². The van der Waals surface area contributed by atoms with Crippen LogP contribution >= 0.6 is 0 Å². The molecule has 98 valence electrons. The Labute approximate surface area is 105 Å². The fraction of sp³-hybridized carbons (Fsp3) is 0.417. The Bertz CT molecular complexity index is 451. The number of rotatable bonds is 6. The van der Waals surface area contributed by atoms with Gasteiger partial charge in [-0.1, -0.05) is 13.3 Å². The Kier molecular flexibility index (Phi) is 5.10. The predicted molar refractivity (Wildman–Crippen MR) is 66.7 cm³/mol. The largest absolute Gasteiger partial charge is 0.480 e. The molecule has 0 bridgehead atoms. The second-order valence-electron chi connectivity index (χ2n) is 3.97. The van der Waals surface area contributed by atoms with E-state index in [9.17, 15) is 9.59 Å². The van der Waals surface area contributed by atoms with Crippen molar-refractivity contribution in [3.05, 3.63) is 24.0 Å². The first-order valence-corrected chi connectivity index (χ1v) is 5.73. The van der Waals surface area contributed by atoms with Crippen molar-refractivity contribution in [2.75, 3.05) is 0 Å². The van der Waals surface area contributed by atoms with Gasteiger partial charge in [-0.2, -0.15) is 5.10 Å². The van der Waals surface area contributed by atoms with Crippen LogP contribution in [0.3, 0.4) is 0 Å². The summed E-state index contributed by atoms with van der Waals surface area (Å²) < 4.78 is 1.62. The summed E-state index contributed by atoms with van der Waals surface area (Å²) in [7, 11) is 1.78. The van der Waals surface area contributed by atoms with Crippen LogP contribution in [-0.2, 0) is 16.6 Å². The summed E-state index contributed by atoms with van der Waals surface area (Å²) in [5.41, 5.74) is 0.787. The second kappa shape index (κ2) is 6.58. The van der Waals surface area contributed by atoms with Gasteiger partial charge in [-0.15, -0.1) is 0 Å². The fourth-order valence-electron chi connectivity index (χ4n) is 1.46. The zero-order valence-corrected chi connectivity index (χ0v) is 10.5. The minimum Gasteiger partial charge on any atom is -0.480 e. The van der Waals surface area contributed by atoms with Crippen LogP contribution in [0.25, 0.3) is 6.08 Å². The Morgan fingerprint density at radius 2 is 2.33 bits per heavy atom. The van der Waals surface area contributed by atoms with Crippen molar-refractivity contribution >= 4 is 18.0 Å². The van der Waals surface area contributed by atoms with E-state index in [1.165, 1.54) is 6.08 Å². The van der Waals surface area contributed by atoms with E-state index in [4.69, 9.17) is 5.11 Å². The minimum absolute atomic E-state index is 0.417. The predicted octanol–water partition coefficient (Wildman–Crippen LogP) is 0.803. The summed E-state index contributed by atoms with van der Waals surface area (Å²) in [4.78, 5) is 22.4. The molecule has 6 heteroatoms. The van der Waals surface area contributed by atoms with Gasteiger partial charge in [-0.3, -0.25) is 9.48 Å². The maximum atomic E-state index is 11.5. The van der Waals surface area contributed by atoms with Crippen LogP contribution in [-0.4, -0.2) is 32.8 Å². The van der Waals surface area contributed by atoms with Crippen LogP contribution < -0.4 is 5.32 Å². The van der Waals surface area contributed by atoms with E-state index in [-0.39, 0.29) is 0 Å². The van der Waals surface area contributed by atoms with Crippen LogP contribution in [0.4, 0.5) is 0 Å². The molecular formula is C12H17N3O3. The number of hydrogen-bond donors (Lipinski definition) is 2. The van der Waals surface area contributed by atoms with Gasteiger partial charge in [0.2, 0.25) is 5.91 Å². The third-order valence-corrected chi connectivity index (χ3v) is 2.34. The molecular weight excluding hydrogens is 234 g/mol. The van der Waals surface area contributed by atoms with Gasteiger partial charge in [0, 0.05) is 24.9 Å². The Morgan fingerprint density at radius 1 is 1.61 bits per heavy atom. The van der Waals surface area contributed by atoms with Gasteiger partial charge in [-0.25, -0.2) is 4.79 Å². The van der Waals surface area contributed by atoms with E-state index in [0.29, 0.717) is 12.8 Å². The van der Waals surface area contributed by atoms with E-state index in [1.807, 2.05) is 6.92 Å². The first-order chi connectivity index (χ1) is 8.52. The summed E-state index contributed by atoms with van der Waals surface area (Å²) in [6.07, 6.45) is 7.39. The van der Waals surface area contributed by atoms with Gasteiger partial charge in [0.1, 0.15) is 6.04 Å². The number of aryl methyl sites for hydroxylation is 1. The maximum absolute atomic E-state index is 11.5. The number of aliphatic carboxylic acids is 1. The Hall–Kier alpha value is -2.11. The summed E-state index contributed by atoms with van der Waals surface area (Å²) in [5, 5.41) is 15.3. The average Bonchev–Trinajstić information content (AvgIpc) is 2.72. The van der Waals surface area contributed by atoms with Crippen molar-refractivity contribution in [3.8, 4) is 0 Å². The highest BCUT2D eigenvalue weighted by Gasteiger charge is 2.17. The molecule has 0 saturated heterocycles. The van der Waals surface area contributed by atoms with E-state index >= 15 is 0 Å². The van der Waals surface area contributed by atoms with Gasteiger partial charge in [0.05, 0.1) is 6.20 Å². The second-order valence-corrected chi connectivity index (χ2v) is 3.97. The average molecular weight is 251 g/mol. The van der Waals surface area contributed by atoms with Crippen molar-refractivity contribution in [2.24, 2.45) is 7.05 Å². The molecule has 6 nitrogen and oxygen atoms in total. The van der Waals surface area contributed by atoms with Gasteiger partial charge in [-0.05, 0) is 12.5 Å². The molecule has 2 N–H and O–H groups in total. The normalized spacial score (nSPS) is 12.6. The molecule has 0 radical (unpaired) electrons. The highest BCUT2D eigenvalue weighted by Crippen LogP contribution is 2.00. The molecule has 1 amide bonds. The topological polar surface area (TPSA) is 84.2 Å². The third kappa shape index (κ3) is 4.40. The number of hydrogen-bond acceptors (Lipinski definition) is 3. The number of carboxylic acids is 1. The fourth-order valence-corrected chi connectivity index (χ4v) is 1.46. The number of carbonyl (C=O) groups is 2. The van der Waals surface area contributed by atoms with E-state index in [0.717, 1.165) is 5.56 Å². The van der Waals surface area contributed by atoms with E-state index < -0.39 is 17.9 Å². The molecule has 1 heterocycles. The van der Waals surface area contributed by atoms with Crippen LogP contribution in [0.1, 0.15) is 25.3 Å². The Morgan fingerprint density at radius 3 is 2.83 bits per heavy atom. The molecule has 0 unspecified atom stereocenters. The summed E-state index contributed by atoms with van der Waals surface area (Å²) in [6, 6.07) is -0.832. The zero-order valence-electron chi connectivity index (χ0n) is 10.5. The lowest BCUT2D eigenvalue weighted by atomic mass is 10.1. The molecule has 0 saturated carbocycles. The summed E-state index contributed by atoms with van der Waals surface area (Å²) in [6.45, 7) is 1.87. The van der Waals surface area contributed by atoms with Crippen molar-refractivity contribution in [3.63, 3.8) is 0 Å². The lowest BCUT2D eigenvalue weighted by Gasteiger charge is -2.11. The van der Waals surface area contributed by atoms with E-state index in [2.05, 4.69) is 10.4 Å². The quantitative estimate of drug-likeness (QED) is 0.732. The molecule has 18 heavy (non-hydrogen) atoms. The van der Waals surface area contributed by atoms with Crippen molar-refractivity contribution in [1.82, 2.24) is 15.1 Å². The standard InChI is InChI=1S/C12H17N3O3/c1-3-4-10(12(17)18)14-11(16)6-5-9-7-13-15(2)8-9/h5-8,10H,3-4H2,1-2H3,(H,14,16)(H,17,18)/b6-5+/t10-/m0/s1. The lowest BCUT2D eigenvalue weighted by molar-refractivity contribution is -0.141. The van der Waals surface area contributed by atoms with Crippen molar-refractivity contribution in [2.45, 2.75) is 25.8 Å². The van der Waals surface area contributed by atoms with Gasteiger partial charge in [0.25, 0.3) is 0 Å². The van der Waals surface area contributed by atoms with Crippen LogP contribution in [0.5, 0.6) is 0 Å². The van der Waals surface area contributed by atoms with Crippen molar-refractivity contribution in [1.29, 1.82) is 0 Å². The van der Waals surface area contributed by atoms with Gasteiger partial charge < -0.3 is 10.4 Å². The maximum Gasteiger partial charge on any atom is 0.326 e. The first-order valence-electron chi connectivity index (χ1n) is 5.73. The van der Waals surface area contributed by atoms with E-state index in [1.54, 1.807) is 30.2 Å². The number of nitrogens with one attached hydrogen (secondary N) is 1. The molecule has 1 aromatic heterocycles. The molecule has 0 fully saturated rings. The zero-order chi connectivity index (χ0) is 13.5.